The number of benzene rings is 1. The minimum absolute atomic E-state index is 0.102. The van der Waals surface area contributed by atoms with E-state index in [4.69, 9.17) is 16.3 Å². The Bertz CT molecular complexity index is 331. The van der Waals surface area contributed by atoms with Gasteiger partial charge in [0.15, 0.2) is 0 Å². The number of hydrogen-bond acceptors (Lipinski definition) is 2. The first-order valence-electron chi connectivity index (χ1n) is 5.00. The summed E-state index contributed by atoms with van der Waals surface area (Å²) in [6.07, 6.45) is 0. The van der Waals surface area contributed by atoms with E-state index in [9.17, 15) is 0 Å². The third-order valence-electron chi connectivity index (χ3n) is 2.06. The van der Waals surface area contributed by atoms with Crippen LogP contribution < -0.4 is 10.1 Å². The van der Waals surface area contributed by atoms with E-state index < -0.39 is 0 Å². The van der Waals surface area contributed by atoms with Gasteiger partial charge < -0.3 is 10.1 Å². The van der Waals surface area contributed by atoms with E-state index in [1.165, 1.54) is 0 Å². The normalized spacial score (nSPS) is 11.5. The highest BCUT2D eigenvalue weighted by atomic mass is 35.5. The number of ether oxygens (including phenoxy) is 1. The van der Waals surface area contributed by atoms with Crippen molar-refractivity contribution in [2.75, 3.05) is 7.11 Å². The molecular weight excluding hydrogens is 210 g/mol. The maximum atomic E-state index is 5.89. The highest BCUT2D eigenvalue weighted by molar-refractivity contribution is 6.30. The van der Waals surface area contributed by atoms with E-state index in [2.05, 4.69) is 26.1 Å². The van der Waals surface area contributed by atoms with E-state index in [0.29, 0.717) is 5.02 Å². The molecule has 0 radical (unpaired) electrons. The van der Waals surface area contributed by atoms with Crippen LogP contribution in [0.15, 0.2) is 18.2 Å². The molecule has 1 N–H and O–H groups in total. The number of halogens is 1. The third-order valence-corrected chi connectivity index (χ3v) is 2.29. The number of rotatable bonds is 3. The fourth-order valence-electron chi connectivity index (χ4n) is 1.22. The lowest BCUT2D eigenvalue weighted by molar-refractivity contribution is 0.392. The van der Waals surface area contributed by atoms with Crippen LogP contribution in [0.4, 0.5) is 0 Å². The molecule has 0 atom stereocenters. The molecule has 0 spiro atoms. The Morgan fingerprint density at radius 3 is 2.53 bits per heavy atom. The van der Waals surface area contributed by atoms with Gasteiger partial charge in [-0.2, -0.15) is 0 Å². The fraction of sp³-hybridized carbons (Fsp3) is 0.500. The highest BCUT2D eigenvalue weighted by Crippen LogP contribution is 2.23. The second kappa shape index (κ2) is 4.86. The lowest BCUT2D eigenvalue weighted by Gasteiger charge is -2.21. The average Bonchev–Trinajstić information content (AvgIpc) is 2.14. The molecule has 1 aromatic rings. The van der Waals surface area contributed by atoms with Crippen molar-refractivity contribution in [3.05, 3.63) is 28.8 Å². The molecule has 84 valence electrons. The molecule has 0 bridgehead atoms. The Labute approximate surface area is 96.6 Å². The zero-order chi connectivity index (χ0) is 11.5. The van der Waals surface area contributed by atoms with Crippen LogP contribution in [-0.4, -0.2) is 12.6 Å². The molecule has 0 amide bonds. The van der Waals surface area contributed by atoms with Gasteiger partial charge in [0, 0.05) is 22.7 Å². The van der Waals surface area contributed by atoms with Crippen molar-refractivity contribution in [3.63, 3.8) is 0 Å². The van der Waals surface area contributed by atoms with Crippen LogP contribution in [0.1, 0.15) is 26.3 Å². The van der Waals surface area contributed by atoms with Crippen molar-refractivity contribution < 1.29 is 4.74 Å². The van der Waals surface area contributed by atoms with Crippen molar-refractivity contribution in [1.29, 1.82) is 0 Å². The third kappa shape index (κ3) is 4.10. The maximum Gasteiger partial charge on any atom is 0.124 e. The standard InChI is InChI=1S/C12H18ClNO/c1-12(2,3)14-8-9-5-6-10(13)7-11(9)15-4/h5-7,14H,8H2,1-4H3. The predicted molar refractivity (Wildman–Crippen MR) is 64.6 cm³/mol. The number of nitrogens with one attached hydrogen (secondary N) is 1. The summed E-state index contributed by atoms with van der Waals surface area (Å²) < 4.78 is 5.27. The van der Waals surface area contributed by atoms with Crippen LogP contribution in [0.25, 0.3) is 0 Å². The van der Waals surface area contributed by atoms with E-state index in [1.807, 2.05) is 18.2 Å². The molecule has 3 heteroatoms. The van der Waals surface area contributed by atoms with Gasteiger partial charge in [-0.05, 0) is 32.9 Å². The summed E-state index contributed by atoms with van der Waals surface area (Å²) in [6, 6.07) is 5.70. The topological polar surface area (TPSA) is 21.3 Å². The van der Waals surface area contributed by atoms with E-state index >= 15 is 0 Å². The molecule has 0 aromatic heterocycles. The smallest absolute Gasteiger partial charge is 0.124 e. The van der Waals surface area contributed by atoms with Gasteiger partial charge in [0.25, 0.3) is 0 Å². The number of hydrogen-bond donors (Lipinski definition) is 1. The summed E-state index contributed by atoms with van der Waals surface area (Å²) in [5, 5.41) is 4.11. The monoisotopic (exact) mass is 227 g/mol. The maximum absolute atomic E-state index is 5.89. The van der Waals surface area contributed by atoms with Crippen LogP contribution in [-0.2, 0) is 6.54 Å². The van der Waals surface area contributed by atoms with Gasteiger partial charge in [0.1, 0.15) is 5.75 Å². The molecule has 0 aliphatic carbocycles. The van der Waals surface area contributed by atoms with E-state index in [0.717, 1.165) is 17.9 Å². The lowest BCUT2D eigenvalue weighted by Crippen LogP contribution is -2.35. The van der Waals surface area contributed by atoms with Crippen molar-refractivity contribution in [1.82, 2.24) is 5.32 Å². The molecule has 1 aromatic carbocycles. The van der Waals surface area contributed by atoms with Crippen LogP contribution in [0, 0.1) is 0 Å². The first-order chi connectivity index (χ1) is 6.92. The summed E-state index contributed by atoms with van der Waals surface area (Å²) in [6.45, 7) is 7.18. The largest absolute Gasteiger partial charge is 0.496 e. The second-order valence-corrected chi connectivity index (χ2v) is 5.00. The molecule has 0 heterocycles. The summed E-state index contributed by atoms with van der Waals surface area (Å²) >= 11 is 5.89. The molecule has 2 nitrogen and oxygen atoms in total. The minimum Gasteiger partial charge on any atom is -0.496 e. The Balaban J connectivity index is 2.76. The van der Waals surface area contributed by atoms with Gasteiger partial charge in [-0.25, -0.2) is 0 Å². The average molecular weight is 228 g/mol. The molecule has 0 aliphatic heterocycles. The Morgan fingerprint density at radius 1 is 1.33 bits per heavy atom. The second-order valence-electron chi connectivity index (χ2n) is 4.56. The van der Waals surface area contributed by atoms with Crippen LogP contribution in [0.5, 0.6) is 5.75 Å². The van der Waals surface area contributed by atoms with Crippen molar-refractivity contribution in [2.45, 2.75) is 32.9 Å². The highest BCUT2D eigenvalue weighted by Gasteiger charge is 2.10. The molecule has 1 rings (SSSR count). The number of methoxy groups -OCH3 is 1. The minimum atomic E-state index is 0.102. The van der Waals surface area contributed by atoms with Crippen molar-refractivity contribution >= 4 is 11.6 Å². The SMILES string of the molecule is COc1cc(Cl)ccc1CNC(C)(C)C. The molecule has 0 fully saturated rings. The van der Waals surface area contributed by atoms with Crippen LogP contribution in [0.2, 0.25) is 5.02 Å². The first kappa shape index (κ1) is 12.3. The molecular formula is C12H18ClNO. The fourth-order valence-corrected chi connectivity index (χ4v) is 1.39. The van der Waals surface area contributed by atoms with E-state index in [-0.39, 0.29) is 5.54 Å². The van der Waals surface area contributed by atoms with Crippen LogP contribution >= 0.6 is 11.6 Å². The van der Waals surface area contributed by atoms with Crippen molar-refractivity contribution in [2.24, 2.45) is 0 Å². The summed E-state index contributed by atoms with van der Waals surface area (Å²) in [5.74, 6) is 0.833. The molecule has 15 heavy (non-hydrogen) atoms. The zero-order valence-electron chi connectivity index (χ0n) is 9.73. The summed E-state index contributed by atoms with van der Waals surface area (Å²) in [4.78, 5) is 0. The summed E-state index contributed by atoms with van der Waals surface area (Å²) in [5.41, 5.74) is 1.22. The Morgan fingerprint density at radius 2 is 2.00 bits per heavy atom. The van der Waals surface area contributed by atoms with Gasteiger partial charge >= 0.3 is 0 Å². The first-order valence-corrected chi connectivity index (χ1v) is 5.37. The molecule has 0 unspecified atom stereocenters. The van der Waals surface area contributed by atoms with Crippen LogP contribution in [0.3, 0.4) is 0 Å². The zero-order valence-corrected chi connectivity index (χ0v) is 10.5. The predicted octanol–water partition coefficient (Wildman–Crippen LogP) is 3.24. The Hall–Kier alpha value is -0.730. The lowest BCUT2D eigenvalue weighted by atomic mass is 10.1. The summed E-state index contributed by atoms with van der Waals surface area (Å²) in [7, 11) is 1.66. The molecule has 0 aliphatic rings. The van der Waals surface area contributed by atoms with Gasteiger partial charge in [-0.15, -0.1) is 0 Å². The Kier molecular flexibility index (Phi) is 4.00. The van der Waals surface area contributed by atoms with Gasteiger partial charge in [-0.1, -0.05) is 17.7 Å². The van der Waals surface area contributed by atoms with Crippen molar-refractivity contribution in [3.8, 4) is 5.75 Å². The van der Waals surface area contributed by atoms with Gasteiger partial charge in [-0.3, -0.25) is 0 Å². The van der Waals surface area contributed by atoms with Gasteiger partial charge in [0.2, 0.25) is 0 Å². The molecule has 0 saturated heterocycles. The van der Waals surface area contributed by atoms with E-state index in [1.54, 1.807) is 7.11 Å². The van der Waals surface area contributed by atoms with Gasteiger partial charge in [0.05, 0.1) is 7.11 Å². The molecule has 0 saturated carbocycles. The quantitative estimate of drug-likeness (QED) is 0.856.